The number of rotatable bonds is 5. The van der Waals surface area contributed by atoms with E-state index in [0.717, 1.165) is 12.0 Å². The van der Waals surface area contributed by atoms with Gasteiger partial charge in [0.1, 0.15) is 6.61 Å². The van der Waals surface area contributed by atoms with E-state index in [1.807, 2.05) is 0 Å². The van der Waals surface area contributed by atoms with E-state index >= 15 is 0 Å². The zero-order valence-corrected chi connectivity index (χ0v) is 18.0. The normalized spacial score (nSPS) is 46.5. The van der Waals surface area contributed by atoms with Gasteiger partial charge in [0.05, 0.1) is 12.2 Å². The van der Waals surface area contributed by atoms with E-state index < -0.39 is 36.2 Å². The molecule has 0 bridgehead atoms. The number of ether oxygens (including phenoxy) is 2. The summed E-state index contributed by atoms with van der Waals surface area (Å²) in [6, 6.07) is 0. The lowest BCUT2D eigenvalue weighted by atomic mass is 9.45. The molecule has 0 radical (unpaired) electrons. The average molecular weight is 425 g/mol. The number of methoxy groups -OCH3 is 1. The zero-order chi connectivity index (χ0) is 21.8. The summed E-state index contributed by atoms with van der Waals surface area (Å²) in [4.78, 5) is 24.7. The Morgan fingerprint density at radius 3 is 2.77 bits per heavy atom. The predicted molar refractivity (Wildman–Crippen MR) is 106 cm³/mol. The average Bonchev–Trinajstić information content (AvgIpc) is 3.04. The highest BCUT2D eigenvalue weighted by atomic mass is 19.2. The largest absolute Gasteiger partial charge is 0.393 e. The Morgan fingerprint density at radius 2 is 2.10 bits per heavy atom. The van der Waals surface area contributed by atoms with Crippen LogP contribution in [-0.4, -0.2) is 54.2 Å². The maximum atomic E-state index is 14.1. The fourth-order valence-corrected chi connectivity index (χ4v) is 7.67. The molecule has 7 heteroatoms. The Morgan fingerprint density at radius 1 is 1.37 bits per heavy atom. The first-order valence-electron chi connectivity index (χ1n) is 11.0. The minimum Gasteiger partial charge on any atom is -0.393 e. The smallest absolute Gasteiger partial charge is 0.309 e. The molecule has 3 fully saturated rings. The summed E-state index contributed by atoms with van der Waals surface area (Å²) in [5.74, 6) is -0.278. The van der Waals surface area contributed by atoms with Gasteiger partial charge in [-0.15, -0.1) is 0 Å². The first-order valence-corrected chi connectivity index (χ1v) is 11.0. The van der Waals surface area contributed by atoms with Crippen LogP contribution in [0, 0.1) is 34.5 Å². The van der Waals surface area contributed by atoms with Crippen molar-refractivity contribution in [3.05, 3.63) is 11.6 Å². The van der Waals surface area contributed by atoms with Crippen LogP contribution in [0.15, 0.2) is 11.6 Å². The number of carbonyl (C=O) groups excluding carboxylic acids is 2. The van der Waals surface area contributed by atoms with Gasteiger partial charge in [0.15, 0.2) is 11.6 Å². The minimum absolute atomic E-state index is 0.00644. The van der Waals surface area contributed by atoms with Crippen molar-refractivity contribution in [3.63, 3.8) is 0 Å². The van der Waals surface area contributed by atoms with Gasteiger partial charge < -0.3 is 19.7 Å². The summed E-state index contributed by atoms with van der Waals surface area (Å²) in [7, 11) is 1.24. The number of Topliss-reactive ketones (excluding diaryl/α,β-unsaturated/α-hetero) is 1. The third-order valence-corrected chi connectivity index (χ3v) is 8.89. The van der Waals surface area contributed by atoms with Crippen molar-refractivity contribution in [1.29, 1.82) is 0 Å². The predicted octanol–water partition coefficient (Wildman–Crippen LogP) is 2.56. The highest BCUT2D eigenvalue weighted by molar-refractivity contribution is 5.92. The monoisotopic (exact) mass is 424 g/mol. The minimum atomic E-state index is -1.89. The molecule has 4 aliphatic carbocycles. The van der Waals surface area contributed by atoms with Crippen molar-refractivity contribution in [2.24, 2.45) is 34.5 Å². The summed E-state index contributed by atoms with van der Waals surface area (Å²) < 4.78 is 24.4. The Bertz CT molecular complexity index is 752. The fraction of sp³-hybridized carbons (Fsp3) is 0.826. The Kier molecular flexibility index (Phi) is 5.71. The third-order valence-electron chi connectivity index (χ3n) is 8.89. The summed E-state index contributed by atoms with van der Waals surface area (Å²) in [5, 5.41) is 20.8. The van der Waals surface area contributed by atoms with E-state index in [1.165, 1.54) is 7.11 Å². The summed E-state index contributed by atoms with van der Waals surface area (Å²) in [6.45, 7) is 1.76. The van der Waals surface area contributed by atoms with E-state index in [4.69, 9.17) is 9.47 Å². The standard InChI is InChI=1S/C23H33FO6/c1-22-7-6-12(26)8-16(22)19(30-21(24)29-3)9-13-14-4-5-15(18(28)11-25)23(14,2)10-17(27)20(13)22/h8,13-15,17,19-21,25,27H,4-7,9-11H2,1-3H3/t13-,14-,15+,17?,19?,20+,21?,22-,23-/m0/s1. The van der Waals surface area contributed by atoms with Crippen LogP contribution in [0.1, 0.15) is 52.4 Å². The van der Waals surface area contributed by atoms with E-state index in [2.05, 4.69) is 13.8 Å². The molecule has 0 aromatic carbocycles. The first-order chi connectivity index (χ1) is 14.2. The van der Waals surface area contributed by atoms with Crippen molar-refractivity contribution in [2.45, 2.75) is 71.1 Å². The van der Waals surface area contributed by atoms with Gasteiger partial charge in [-0.1, -0.05) is 13.8 Å². The lowest BCUT2D eigenvalue weighted by molar-refractivity contribution is -0.240. The number of fused-ring (bicyclic) bond motifs is 5. The van der Waals surface area contributed by atoms with Crippen molar-refractivity contribution in [1.82, 2.24) is 0 Å². The number of carbonyl (C=O) groups is 2. The second kappa shape index (κ2) is 7.76. The lowest BCUT2D eigenvalue weighted by Crippen LogP contribution is -2.60. The van der Waals surface area contributed by atoms with Crippen LogP contribution in [0.5, 0.6) is 0 Å². The van der Waals surface area contributed by atoms with E-state index in [1.54, 1.807) is 6.08 Å². The number of hydrogen-bond donors (Lipinski definition) is 2. The van der Waals surface area contributed by atoms with Crippen molar-refractivity contribution in [2.75, 3.05) is 13.7 Å². The molecule has 0 heterocycles. The quantitative estimate of drug-likeness (QED) is 0.659. The number of hydrogen-bond acceptors (Lipinski definition) is 6. The molecule has 30 heavy (non-hydrogen) atoms. The van der Waals surface area contributed by atoms with E-state index in [-0.39, 0.29) is 35.2 Å². The second-order valence-corrected chi connectivity index (χ2v) is 10.2. The molecule has 6 nitrogen and oxygen atoms in total. The number of aliphatic hydroxyl groups excluding tert-OH is 2. The summed E-state index contributed by atoms with van der Waals surface area (Å²) in [6.07, 6.45) is 3.89. The van der Waals surface area contributed by atoms with Gasteiger partial charge in [-0.3, -0.25) is 9.59 Å². The molecule has 2 N–H and O–H groups in total. The second-order valence-electron chi connectivity index (χ2n) is 10.2. The third kappa shape index (κ3) is 3.20. The number of halogens is 1. The van der Waals surface area contributed by atoms with Crippen molar-refractivity contribution in [3.8, 4) is 0 Å². The molecule has 0 amide bonds. The number of alkyl halides is 1. The van der Waals surface area contributed by atoms with E-state index in [0.29, 0.717) is 32.1 Å². The van der Waals surface area contributed by atoms with Gasteiger partial charge in [-0.2, -0.15) is 4.39 Å². The molecular weight excluding hydrogens is 391 g/mol. The molecule has 0 aromatic heterocycles. The van der Waals surface area contributed by atoms with E-state index in [9.17, 15) is 24.2 Å². The fourth-order valence-electron chi connectivity index (χ4n) is 7.67. The number of aliphatic hydroxyl groups is 2. The highest BCUT2D eigenvalue weighted by Crippen LogP contribution is 2.67. The zero-order valence-electron chi connectivity index (χ0n) is 18.0. The van der Waals surface area contributed by atoms with Gasteiger partial charge in [-0.25, -0.2) is 0 Å². The molecule has 0 saturated heterocycles. The highest BCUT2D eigenvalue weighted by Gasteiger charge is 2.64. The van der Waals surface area contributed by atoms with Gasteiger partial charge in [0, 0.05) is 19.4 Å². The number of ketones is 2. The molecule has 9 atom stereocenters. The van der Waals surface area contributed by atoms with Gasteiger partial charge in [-0.05, 0) is 72.3 Å². The van der Waals surface area contributed by atoms with Gasteiger partial charge >= 0.3 is 6.54 Å². The molecular formula is C23H33FO6. The first kappa shape index (κ1) is 22.1. The molecule has 3 saturated carbocycles. The summed E-state index contributed by atoms with van der Waals surface area (Å²) in [5.41, 5.74) is -0.0960. The molecule has 0 spiro atoms. The van der Waals surface area contributed by atoms with Crippen molar-refractivity contribution < 1.29 is 33.7 Å². The van der Waals surface area contributed by atoms with Crippen LogP contribution < -0.4 is 0 Å². The lowest BCUT2D eigenvalue weighted by Gasteiger charge is -2.61. The van der Waals surface area contributed by atoms with Crippen molar-refractivity contribution >= 4 is 11.6 Å². The van der Waals surface area contributed by atoms with Crippen LogP contribution in [-0.2, 0) is 19.1 Å². The Labute approximate surface area is 176 Å². The molecule has 0 aromatic rings. The Balaban J connectivity index is 1.74. The van der Waals surface area contributed by atoms with Crippen LogP contribution in [0.25, 0.3) is 0 Å². The van der Waals surface area contributed by atoms with Crippen LogP contribution in [0.2, 0.25) is 0 Å². The SMILES string of the molecule is COC(F)OC1C[C@H]2[C@@H]3CC[C@H](C(=O)CO)[C@@]3(C)CC(O)[C@@H]2[C@@]2(C)CCC(=O)C=C12. The molecule has 4 rings (SSSR count). The van der Waals surface area contributed by atoms with Crippen LogP contribution >= 0.6 is 0 Å². The maximum Gasteiger partial charge on any atom is 0.309 e. The molecule has 4 aliphatic rings. The molecule has 168 valence electrons. The van der Waals surface area contributed by atoms with Gasteiger partial charge in [0.2, 0.25) is 0 Å². The molecule has 3 unspecified atom stereocenters. The maximum absolute atomic E-state index is 14.1. The molecule has 0 aliphatic heterocycles. The van der Waals surface area contributed by atoms with Crippen LogP contribution in [0.4, 0.5) is 4.39 Å². The van der Waals surface area contributed by atoms with Gasteiger partial charge in [0.25, 0.3) is 0 Å². The van der Waals surface area contributed by atoms with Crippen LogP contribution in [0.3, 0.4) is 0 Å². The summed E-state index contributed by atoms with van der Waals surface area (Å²) >= 11 is 0. The topological polar surface area (TPSA) is 93.1 Å². The Hall–Kier alpha value is -1.15.